The van der Waals surface area contributed by atoms with Crippen LogP contribution < -0.4 is 5.32 Å². The normalized spacial score (nSPS) is 31.2. The van der Waals surface area contributed by atoms with Crippen LogP contribution in [0.2, 0.25) is 0 Å². The Balaban J connectivity index is 1.96. The molecule has 3 nitrogen and oxygen atoms in total. The summed E-state index contributed by atoms with van der Waals surface area (Å²) in [5.41, 5.74) is 2.53. The number of rotatable bonds is 4. The van der Waals surface area contributed by atoms with E-state index in [1.54, 1.807) is 0 Å². The lowest BCUT2D eigenvalue weighted by molar-refractivity contribution is -0.140. The van der Waals surface area contributed by atoms with Gasteiger partial charge in [0, 0.05) is 23.1 Å². The van der Waals surface area contributed by atoms with E-state index in [0.29, 0.717) is 18.4 Å². The van der Waals surface area contributed by atoms with Gasteiger partial charge in [0.15, 0.2) is 0 Å². The molecule has 20 heavy (non-hydrogen) atoms. The van der Waals surface area contributed by atoms with E-state index in [4.69, 9.17) is 0 Å². The summed E-state index contributed by atoms with van der Waals surface area (Å²) in [6, 6.07) is 8.78. The number of para-hydroxylation sites is 1. The van der Waals surface area contributed by atoms with Gasteiger partial charge in [-0.05, 0) is 30.9 Å². The highest BCUT2D eigenvalue weighted by Crippen LogP contribution is 2.54. The van der Waals surface area contributed by atoms with E-state index in [1.807, 2.05) is 0 Å². The quantitative estimate of drug-likeness (QED) is 0.871. The molecule has 0 aromatic heterocycles. The minimum absolute atomic E-state index is 0.0808. The van der Waals surface area contributed by atoms with Gasteiger partial charge in [0.1, 0.15) is 0 Å². The first-order valence-electron chi connectivity index (χ1n) is 7.73. The lowest BCUT2D eigenvalue weighted by Gasteiger charge is -2.45. The molecule has 108 valence electrons. The average molecular weight is 273 g/mol. The highest BCUT2D eigenvalue weighted by atomic mass is 16.4. The Morgan fingerprint density at radius 3 is 3.00 bits per heavy atom. The first kappa shape index (κ1) is 13.5. The molecule has 0 bridgehead atoms. The average Bonchev–Trinajstić information content (AvgIpc) is 2.79. The Hall–Kier alpha value is -1.51. The van der Waals surface area contributed by atoms with Gasteiger partial charge in [0.05, 0.1) is 6.42 Å². The predicted molar refractivity (Wildman–Crippen MR) is 80.0 cm³/mol. The maximum Gasteiger partial charge on any atom is 0.303 e. The molecule has 3 heteroatoms. The topological polar surface area (TPSA) is 49.3 Å². The molecule has 3 atom stereocenters. The van der Waals surface area contributed by atoms with Crippen LogP contribution in [-0.4, -0.2) is 17.1 Å². The van der Waals surface area contributed by atoms with Crippen molar-refractivity contribution in [3.8, 4) is 0 Å². The lowest BCUT2D eigenvalue weighted by Crippen LogP contribution is -2.46. The molecule has 1 aliphatic carbocycles. The Morgan fingerprint density at radius 2 is 2.25 bits per heavy atom. The first-order valence-corrected chi connectivity index (χ1v) is 7.73. The third kappa shape index (κ3) is 2.09. The van der Waals surface area contributed by atoms with Crippen molar-refractivity contribution in [2.24, 2.45) is 5.41 Å². The van der Waals surface area contributed by atoms with Crippen LogP contribution in [0.3, 0.4) is 0 Å². The van der Waals surface area contributed by atoms with Crippen molar-refractivity contribution < 1.29 is 9.90 Å². The van der Waals surface area contributed by atoms with Gasteiger partial charge in [0.25, 0.3) is 0 Å². The largest absolute Gasteiger partial charge is 0.481 e. The number of benzene rings is 1. The van der Waals surface area contributed by atoms with Gasteiger partial charge in [-0.1, -0.05) is 38.0 Å². The van der Waals surface area contributed by atoms with Crippen LogP contribution in [0.1, 0.15) is 56.9 Å². The van der Waals surface area contributed by atoms with E-state index in [1.165, 1.54) is 17.7 Å². The Kier molecular flexibility index (Phi) is 3.45. The van der Waals surface area contributed by atoms with Crippen LogP contribution in [0.25, 0.3) is 0 Å². The number of fused-ring (bicyclic) bond motifs is 3. The number of carboxylic acid groups (broad SMARTS) is 1. The van der Waals surface area contributed by atoms with Crippen molar-refractivity contribution in [3.05, 3.63) is 29.8 Å². The molecule has 0 amide bonds. The zero-order valence-corrected chi connectivity index (χ0v) is 12.1. The molecular formula is C17H23NO2. The van der Waals surface area contributed by atoms with Crippen LogP contribution in [0.4, 0.5) is 5.69 Å². The van der Waals surface area contributed by atoms with Crippen LogP contribution in [0.15, 0.2) is 24.3 Å². The molecule has 0 radical (unpaired) electrons. The van der Waals surface area contributed by atoms with Crippen molar-refractivity contribution in [3.63, 3.8) is 0 Å². The van der Waals surface area contributed by atoms with Gasteiger partial charge in [-0.3, -0.25) is 4.79 Å². The fourth-order valence-corrected chi connectivity index (χ4v) is 4.50. The summed E-state index contributed by atoms with van der Waals surface area (Å²) in [5.74, 6) is -0.164. The van der Waals surface area contributed by atoms with Crippen molar-refractivity contribution in [2.75, 3.05) is 5.32 Å². The molecular weight excluding hydrogens is 250 g/mol. The van der Waals surface area contributed by atoms with Gasteiger partial charge in [-0.2, -0.15) is 0 Å². The van der Waals surface area contributed by atoms with Gasteiger partial charge in [-0.25, -0.2) is 0 Å². The van der Waals surface area contributed by atoms with E-state index < -0.39 is 5.97 Å². The third-order valence-electron chi connectivity index (χ3n) is 5.17. The van der Waals surface area contributed by atoms with Crippen molar-refractivity contribution in [2.45, 2.75) is 57.4 Å². The van der Waals surface area contributed by atoms with E-state index in [0.717, 1.165) is 25.7 Å². The Morgan fingerprint density at radius 1 is 1.45 bits per heavy atom. The van der Waals surface area contributed by atoms with Crippen LogP contribution in [0, 0.1) is 5.41 Å². The summed E-state index contributed by atoms with van der Waals surface area (Å²) in [6.07, 6.45) is 5.71. The van der Waals surface area contributed by atoms with E-state index >= 15 is 0 Å². The summed E-state index contributed by atoms with van der Waals surface area (Å²) in [4.78, 5) is 11.4. The molecule has 2 aliphatic rings. The summed E-state index contributed by atoms with van der Waals surface area (Å²) < 4.78 is 0. The molecule has 1 saturated carbocycles. The van der Waals surface area contributed by atoms with Crippen LogP contribution in [0.5, 0.6) is 0 Å². The second kappa shape index (κ2) is 5.12. The summed E-state index contributed by atoms with van der Waals surface area (Å²) in [6.45, 7) is 2.16. The minimum Gasteiger partial charge on any atom is -0.481 e. The number of carboxylic acids is 1. The van der Waals surface area contributed by atoms with E-state index in [9.17, 15) is 9.90 Å². The van der Waals surface area contributed by atoms with Gasteiger partial charge in [0.2, 0.25) is 0 Å². The van der Waals surface area contributed by atoms with Crippen LogP contribution in [-0.2, 0) is 4.79 Å². The molecule has 3 unspecified atom stereocenters. The Labute approximate surface area is 120 Å². The van der Waals surface area contributed by atoms with Crippen molar-refractivity contribution in [1.29, 1.82) is 0 Å². The van der Waals surface area contributed by atoms with Crippen molar-refractivity contribution >= 4 is 11.7 Å². The van der Waals surface area contributed by atoms with E-state index in [-0.39, 0.29) is 5.41 Å². The van der Waals surface area contributed by atoms with Gasteiger partial charge >= 0.3 is 5.97 Å². The third-order valence-corrected chi connectivity index (χ3v) is 5.17. The SMILES string of the molecule is CCCC1(CC(=O)O)CCCC2c3ccccc3NC21. The predicted octanol–water partition coefficient (Wildman–Crippen LogP) is 4.01. The van der Waals surface area contributed by atoms with Crippen molar-refractivity contribution in [1.82, 2.24) is 0 Å². The summed E-state index contributed by atoms with van der Waals surface area (Å²) >= 11 is 0. The highest BCUT2D eigenvalue weighted by molar-refractivity contribution is 5.69. The zero-order chi connectivity index (χ0) is 14.2. The summed E-state index contributed by atoms with van der Waals surface area (Å²) in [7, 11) is 0. The van der Waals surface area contributed by atoms with Gasteiger partial charge < -0.3 is 10.4 Å². The zero-order valence-electron chi connectivity index (χ0n) is 12.1. The molecule has 1 aliphatic heterocycles. The number of hydrogen-bond acceptors (Lipinski definition) is 2. The molecule has 1 heterocycles. The Bertz CT molecular complexity index is 509. The maximum atomic E-state index is 11.4. The molecule has 0 spiro atoms. The smallest absolute Gasteiger partial charge is 0.303 e. The molecule has 3 rings (SSSR count). The fraction of sp³-hybridized carbons (Fsp3) is 0.588. The number of carbonyl (C=O) groups is 1. The lowest BCUT2D eigenvalue weighted by atomic mass is 9.62. The second-order valence-corrected chi connectivity index (χ2v) is 6.39. The van der Waals surface area contributed by atoms with Gasteiger partial charge in [-0.15, -0.1) is 0 Å². The monoisotopic (exact) mass is 273 g/mol. The minimum atomic E-state index is -0.656. The fourth-order valence-electron chi connectivity index (χ4n) is 4.50. The van der Waals surface area contributed by atoms with E-state index in [2.05, 4.69) is 36.5 Å². The molecule has 2 N–H and O–H groups in total. The number of aliphatic carboxylic acids is 1. The maximum absolute atomic E-state index is 11.4. The number of hydrogen-bond donors (Lipinski definition) is 2. The first-order chi connectivity index (χ1) is 9.66. The second-order valence-electron chi connectivity index (χ2n) is 6.39. The number of nitrogens with one attached hydrogen (secondary N) is 1. The summed E-state index contributed by atoms with van der Waals surface area (Å²) in [5, 5.41) is 13.0. The molecule has 1 aromatic rings. The highest BCUT2D eigenvalue weighted by Gasteiger charge is 2.49. The number of anilines is 1. The molecule has 0 saturated heterocycles. The molecule has 1 fully saturated rings. The molecule has 1 aromatic carbocycles. The van der Waals surface area contributed by atoms with Crippen LogP contribution >= 0.6 is 0 Å². The standard InChI is InChI=1S/C17H23NO2/c1-2-9-17(11-15(19)20)10-5-7-13-12-6-3-4-8-14(12)18-16(13)17/h3-4,6,8,13,16,18H,2,5,7,9-11H2,1H3,(H,19,20).